The molecule has 1 heterocycles. The third-order valence-corrected chi connectivity index (χ3v) is 3.51. The highest BCUT2D eigenvalue weighted by Gasteiger charge is 2.14. The highest BCUT2D eigenvalue weighted by molar-refractivity contribution is 5.20. The van der Waals surface area contributed by atoms with Gasteiger partial charge in [-0.1, -0.05) is 13.0 Å². The number of benzene rings is 1. The second-order valence-electron chi connectivity index (χ2n) is 5.31. The van der Waals surface area contributed by atoms with Crippen molar-refractivity contribution in [2.24, 2.45) is 7.05 Å². The maximum atomic E-state index is 13.3. The van der Waals surface area contributed by atoms with Gasteiger partial charge in [-0.05, 0) is 43.7 Å². The lowest BCUT2D eigenvalue weighted by molar-refractivity contribution is 0.491. The number of nitrogens with zero attached hydrogens (tertiary/aromatic N) is 2. The molecule has 21 heavy (non-hydrogen) atoms. The topological polar surface area (TPSA) is 29.9 Å². The van der Waals surface area contributed by atoms with Gasteiger partial charge in [0.25, 0.3) is 0 Å². The van der Waals surface area contributed by atoms with Crippen molar-refractivity contribution in [1.29, 1.82) is 0 Å². The van der Waals surface area contributed by atoms with Gasteiger partial charge in [0.2, 0.25) is 0 Å². The first kappa shape index (κ1) is 15.6. The molecule has 0 radical (unpaired) electrons. The zero-order chi connectivity index (χ0) is 15.4. The van der Waals surface area contributed by atoms with E-state index in [1.54, 1.807) is 6.07 Å². The van der Waals surface area contributed by atoms with Gasteiger partial charge in [0.05, 0.1) is 5.69 Å². The molecule has 1 aromatic heterocycles. The summed E-state index contributed by atoms with van der Waals surface area (Å²) in [4.78, 5) is 0. The molecule has 0 saturated carbocycles. The smallest absolute Gasteiger partial charge is 0.159 e. The average Bonchev–Trinajstić information content (AvgIpc) is 2.72. The number of hydrogen-bond acceptors (Lipinski definition) is 2. The van der Waals surface area contributed by atoms with Crippen LogP contribution in [0.1, 0.15) is 23.9 Å². The second kappa shape index (κ2) is 6.80. The zero-order valence-electron chi connectivity index (χ0n) is 12.7. The van der Waals surface area contributed by atoms with Gasteiger partial charge in [-0.3, -0.25) is 4.68 Å². The molecule has 1 aromatic carbocycles. The summed E-state index contributed by atoms with van der Waals surface area (Å²) >= 11 is 0. The van der Waals surface area contributed by atoms with Crippen LogP contribution in [0.3, 0.4) is 0 Å². The minimum atomic E-state index is -0.805. The number of likely N-dealkylation sites (N-methyl/N-ethyl adjacent to an activating group) is 1. The van der Waals surface area contributed by atoms with Crippen LogP contribution in [-0.4, -0.2) is 22.4 Å². The van der Waals surface area contributed by atoms with Crippen LogP contribution in [0.2, 0.25) is 0 Å². The van der Waals surface area contributed by atoms with Crippen LogP contribution in [0.5, 0.6) is 0 Å². The summed E-state index contributed by atoms with van der Waals surface area (Å²) < 4.78 is 28.2. The van der Waals surface area contributed by atoms with Gasteiger partial charge in [-0.15, -0.1) is 0 Å². The van der Waals surface area contributed by atoms with Crippen molar-refractivity contribution in [3.8, 4) is 0 Å². The Kier molecular flexibility index (Phi) is 5.07. The number of aromatic nitrogens is 2. The van der Waals surface area contributed by atoms with Crippen molar-refractivity contribution in [2.45, 2.75) is 32.7 Å². The Balaban J connectivity index is 2.11. The third-order valence-electron chi connectivity index (χ3n) is 3.51. The molecule has 2 rings (SSSR count). The summed E-state index contributed by atoms with van der Waals surface area (Å²) in [6.45, 7) is 4.82. The molecule has 114 valence electrons. The van der Waals surface area contributed by atoms with Crippen molar-refractivity contribution in [3.05, 3.63) is 52.9 Å². The van der Waals surface area contributed by atoms with Crippen LogP contribution in [0, 0.1) is 18.6 Å². The first-order valence-electron chi connectivity index (χ1n) is 7.16. The van der Waals surface area contributed by atoms with Crippen molar-refractivity contribution in [1.82, 2.24) is 15.1 Å². The number of hydrogen-bond donors (Lipinski definition) is 1. The molecule has 0 fully saturated rings. The van der Waals surface area contributed by atoms with Gasteiger partial charge in [0, 0.05) is 25.2 Å². The van der Waals surface area contributed by atoms with E-state index in [1.807, 2.05) is 25.6 Å². The van der Waals surface area contributed by atoms with Gasteiger partial charge in [0.1, 0.15) is 0 Å². The molecule has 5 heteroatoms. The quantitative estimate of drug-likeness (QED) is 0.887. The molecule has 0 spiro atoms. The highest BCUT2D eigenvalue weighted by Crippen LogP contribution is 2.13. The standard InChI is InChI=1S/C16H21F2N3/c1-4-19-13(10-14-7-11(2)20-21(14)3)8-12-5-6-15(17)16(18)9-12/h5-7,9,13,19H,4,8,10H2,1-3H3. The summed E-state index contributed by atoms with van der Waals surface area (Å²) in [5.41, 5.74) is 2.90. The van der Waals surface area contributed by atoms with Crippen LogP contribution in [0.15, 0.2) is 24.3 Å². The molecule has 0 saturated heterocycles. The second-order valence-corrected chi connectivity index (χ2v) is 5.31. The van der Waals surface area contributed by atoms with Gasteiger partial charge in [-0.25, -0.2) is 8.78 Å². The van der Waals surface area contributed by atoms with Crippen molar-refractivity contribution < 1.29 is 8.78 Å². The van der Waals surface area contributed by atoms with Gasteiger partial charge in [-0.2, -0.15) is 5.10 Å². The van der Waals surface area contributed by atoms with Crippen LogP contribution < -0.4 is 5.32 Å². The summed E-state index contributed by atoms with van der Waals surface area (Å²) in [5.74, 6) is -1.60. The fraction of sp³-hybridized carbons (Fsp3) is 0.438. The number of aryl methyl sites for hydroxylation is 2. The summed E-state index contributed by atoms with van der Waals surface area (Å²) in [6, 6.07) is 6.30. The minimum Gasteiger partial charge on any atom is -0.314 e. The third kappa shape index (κ3) is 4.11. The van der Waals surface area contributed by atoms with E-state index < -0.39 is 11.6 Å². The largest absolute Gasteiger partial charge is 0.314 e. The van der Waals surface area contributed by atoms with Crippen molar-refractivity contribution in [3.63, 3.8) is 0 Å². The molecule has 0 aliphatic heterocycles. The number of halogens is 2. The van der Waals surface area contributed by atoms with E-state index >= 15 is 0 Å². The average molecular weight is 293 g/mol. The molecule has 1 atom stereocenters. The van der Waals surface area contributed by atoms with E-state index in [1.165, 1.54) is 12.1 Å². The molecule has 3 nitrogen and oxygen atoms in total. The fourth-order valence-electron chi connectivity index (χ4n) is 2.56. The van der Waals surface area contributed by atoms with Crippen molar-refractivity contribution >= 4 is 0 Å². The molecule has 1 unspecified atom stereocenters. The number of rotatable bonds is 6. The molecule has 0 bridgehead atoms. The SMILES string of the molecule is CCNC(Cc1ccc(F)c(F)c1)Cc1cc(C)nn1C. The summed E-state index contributed by atoms with van der Waals surface area (Å²) in [5, 5.41) is 7.73. The van der Waals surface area contributed by atoms with E-state index in [9.17, 15) is 8.78 Å². The van der Waals surface area contributed by atoms with E-state index in [2.05, 4.69) is 16.5 Å². The van der Waals surface area contributed by atoms with Crippen LogP contribution in [0.25, 0.3) is 0 Å². The van der Waals surface area contributed by atoms with Gasteiger partial charge >= 0.3 is 0 Å². The maximum Gasteiger partial charge on any atom is 0.159 e. The molecule has 0 amide bonds. The molecular formula is C16H21F2N3. The van der Waals surface area contributed by atoms with Gasteiger partial charge < -0.3 is 5.32 Å². The summed E-state index contributed by atoms with van der Waals surface area (Å²) in [6.07, 6.45) is 1.44. The Morgan fingerprint density at radius 1 is 1.19 bits per heavy atom. The Hall–Kier alpha value is -1.75. The van der Waals surface area contributed by atoms with E-state index in [0.717, 1.165) is 29.9 Å². The van der Waals surface area contributed by atoms with Crippen LogP contribution in [-0.2, 0) is 19.9 Å². The molecule has 0 aliphatic carbocycles. The lowest BCUT2D eigenvalue weighted by Crippen LogP contribution is -2.33. The number of nitrogens with one attached hydrogen (secondary N) is 1. The highest BCUT2D eigenvalue weighted by atomic mass is 19.2. The molecule has 1 N–H and O–H groups in total. The normalized spacial score (nSPS) is 12.6. The predicted molar refractivity (Wildman–Crippen MR) is 79.2 cm³/mol. The maximum absolute atomic E-state index is 13.3. The Morgan fingerprint density at radius 2 is 1.95 bits per heavy atom. The minimum absolute atomic E-state index is 0.162. The van der Waals surface area contributed by atoms with Crippen LogP contribution >= 0.6 is 0 Å². The van der Waals surface area contributed by atoms with Crippen molar-refractivity contribution in [2.75, 3.05) is 6.54 Å². The first-order valence-corrected chi connectivity index (χ1v) is 7.16. The van der Waals surface area contributed by atoms with E-state index in [4.69, 9.17) is 0 Å². The van der Waals surface area contributed by atoms with Crippen LogP contribution in [0.4, 0.5) is 8.78 Å². The molecule has 0 aliphatic rings. The van der Waals surface area contributed by atoms with E-state index in [0.29, 0.717) is 6.42 Å². The summed E-state index contributed by atoms with van der Waals surface area (Å²) in [7, 11) is 1.92. The molecular weight excluding hydrogens is 272 g/mol. The fourth-order valence-corrected chi connectivity index (χ4v) is 2.56. The Bertz CT molecular complexity index is 608. The lowest BCUT2D eigenvalue weighted by atomic mass is 10.0. The predicted octanol–water partition coefficient (Wildman–Crippen LogP) is 2.77. The zero-order valence-corrected chi connectivity index (χ0v) is 12.7. The first-order chi connectivity index (χ1) is 9.99. The molecule has 2 aromatic rings. The lowest BCUT2D eigenvalue weighted by Gasteiger charge is -2.18. The monoisotopic (exact) mass is 293 g/mol. The van der Waals surface area contributed by atoms with E-state index in [-0.39, 0.29) is 6.04 Å². The van der Waals surface area contributed by atoms with Gasteiger partial charge in [0.15, 0.2) is 11.6 Å². The Labute approximate surface area is 124 Å². The Morgan fingerprint density at radius 3 is 2.52 bits per heavy atom.